The Kier molecular flexibility index (Phi) is 1.88. The van der Waals surface area contributed by atoms with Gasteiger partial charge in [-0.1, -0.05) is 24.3 Å². The molecule has 2 fully saturated rings. The van der Waals surface area contributed by atoms with Crippen LogP contribution >= 0.6 is 0 Å². The van der Waals surface area contributed by atoms with Gasteiger partial charge in [0, 0.05) is 6.04 Å². The summed E-state index contributed by atoms with van der Waals surface area (Å²) in [6.45, 7) is 3.48. The van der Waals surface area contributed by atoms with Crippen molar-refractivity contribution < 1.29 is 0 Å². The number of benzene rings is 1. The van der Waals surface area contributed by atoms with Crippen molar-refractivity contribution in [3.63, 3.8) is 0 Å². The summed E-state index contributed by atoms with van der Waals surface area (Å²) < 4.78 is 0. The van der Waals surface area contributed by atoms with Crippen LogP contribution in [-0.2, 0) is 0 Å². The summed E-state index contributed by atoms with van der Waals surface area (Å²) >= 11 is 0. The maximum Gasteiger partial charge on any atom is 0.00764 e. The van der Waals surface area contributed by atoms with Gasteiger partial charge >= 0.3 is 0 Å². The maximum atomic E-state index is 3.58. The van der Waals surface area contributed by atoms with Crippen LogP contribution in [0.2, 0.25) is 0 Å². The molecule has 1 aromatic rings. The van der Waals surface area contributed by atoms with E-state index >= 15 is 0 Å². The first-order chi connectivity index (χ1) is 6.84. The molecule has 1 heterocycles. The Labute approximate surface area is 85.5 Å². The highest BCUT2D eigenvalue weighted by molar-refractivity contribution is 5.31. The predicted octanol–water partition coefficient (Wildman–Crippen LogP) is 2.46. The molecule has 2 bridgehead atoms. The highest BCUT2D eigenvalue weighted by Gasteiger charge is 2.40. The fraction of sp³-hybridized carbons (Fsp3) is 0.538. The molecular formula is C13H17N. The summed E-state index contributed by atoms with van der Waals surface area (Å²) in [4.78, 5) is 0. The molecule has 1 saturated carbocycles. The Morgan fingerprint density at radius 1 is 1.21 bits per heavy atom. The molecule has 1 saturated heterocycles. The Hall–Kier alpha value is -0.820. The molecule has 3 rings (SSSR count). The molecule has 74 valence electrons. The SMILES string of the molecule is Cc1ccccc1C1CC2CC1CN2. The van der Waals surface area contributed by atoms with E-state index in [9.17, 15) is 0 Å². The lowest BCUT2D eigenvalue weighted by molar-refractivity contribution is 0.440. The normalized spacial score (nSPS) is 35.1. The topological polar surface area (TPSA) is 12.0 Å². The van der Waals surface area contributed by atoms with Crippen LogP contribution < -0.4 is 5.32 Å². The minimum atomic E-state index is 0.810. The van der Waals surface area contributed by atoms with Crippen LogP contribution in [0.5, 0.6) is 0 Å². The zero-order valence-electron chi connectivity index (χ0n) is 8.66. The zero-order chi connectivity index (χ0) is 9.54. The average Bonchev–Trinajstić information content (AvgIpc) is 2.79. The van der Waals surface area contributed by atoms with E-state index in [-0.39, 0.29) is 0 Å². The highest BCUT2D eigenvalue weighted by Crippen LogP contribution is 2.43. The van der Waals surface area contributed by atoms with Gasteiger partial charge in [-0.05, 0) is 49.3 Å². The molecule has 0 radical (unpaired) electrons. The van der Waals surface area contributed by atoms with Crippen molar-refractivity contribution in [1.29, 1.82) is 0 Å². The van der Waals surface area contributed by atoms with Gasteiger partial charge in [-0.25, -0.2) is 0 Å². The van der Waals surface area contributed by atoms with Gasteiger partial charge in [0.2, 0.25) is 0 Å². The Balaban J connectivity index is 1.93. The molecule has 0 amide bonds. The van der Waals surface area contributed by atoms with E-state index in [4.69, 9.17) is 0 Å². The second-order valence-electron chi connectivity index (χ2n) is 4.80. The van der Waals surface area contributed by atoms with Crippen molar-refractivity contribution in [2.75, 3.05) is 6.54 Å². The van der Waals surface area contributed by atoms with Crippen molar-refractivity contribution >= 4 is 0 Å². The fourth-order valence-corrected chi connectivity index (χ4v) is 3.22. The van der Waals surface area contributed by atoms with Crippen molar-refractivity contribution in [1.82, 2.24) is 5.32 Å². The summed E-state index contributed by atoms with van der Waals surface area (Å²) in [5.41, 5.74) is 3.08. The monoisotopic (exact) mass is 187 g/mol. The zero-order valence-corrected chi connectivity index (χ0v) is 8.66. The van der Waals surface area contributed by atoms with Crippen molar-refractivity contribution in [3.05, 3.63) is 35.4 Å². The molecule has 0 aromatic heterocycles. The van der Waals surface area contributed by atoms with Crippen LogP contribution in [0.25, 0.3) is 0 Å². The van der Waals surface area contributed by atoms with Crippen LogP contribution in [0.3, 0.4) is 0 Å². The minimum Gasteiger partial charge on any atom is -0.314 e. The Morgan fingerprint density at radius 2 is 2.07 bits per heavy atom. The first-order valence-corrected chi connectivity index (χ1v) is 5.63. The number of hydrogen-bond acceptors (Lipinski definition) is 1. The lowest BCUT2D eigenvalue weighted by Gasteiger charge is -2.24. The van der Waals surface area contributed by atoms with Gasteiger partial charge in [0.1, 0.15) is 0 Å². The van der Waals surface area contributed by atoms with E-state index in [1.807, 2.05) is 0 Å². The van der Waals surface area contributed by atoms with Crippen LogP contribution in [-0.4, -0.2) is 12.6 Å². The first kappa shape index (κ1) is 8.49. The molecule has 1 N–H and O–H groups in total. The molecule has 1 nitrogen and oxygen atoms in total. The third-order valence-corrected chi connectivity index (χ3v) is 3.95. The van der Waals surface area contributed by atoms with E-state index in [0.717, 1.165) is 17.9 Å². The van der Waals surface area contributed by atoms with E-state index in [2.05, 4.69) is 36.5 Å². The fourth-order valence-electron chi connectivity index (χ4n) is 3.22. The molecule has 1 heteroatoms. The van der Waals surface area contributed by atoms with Gasteiger partial charge in [0.15, 0.2) is 0 Å². The molecule has 1 aliphatic heterocycles. The van der Waals surface area contributed by atoms with Crippen molar-refractivity contribution in [3.8, 4) is 0 Å². The van der Waals surface area contributed by atoms with Crippen LogP contribution in [0.4, 0.5) is 0 Å². The van der Waals surface area contributed by atoms with Crippen LogP contribution in [0, 0.1) is 12.8 Å². The largest absolute Gasteiger partial charge is 0.314 e. The number of fused-ring (bicyclic) bond motifs is 2. The quantitative estimate of drug-likeness (QED) is 0.712. The van der Waals surface area contributed by atoms with Gasteiger partial charge < -0.3 is 5.32 Å². The molecule has 14 heavy (non-hydrogen) atoms. The standard InChI is InChI=1S/C13H17N/c1-9-4-2-3-5-12(9)13-7-11-6-10(13)8-14-11/h2-5,10-11,13-14H,6-8H2,1H3. The van der Waals surface area contributed by atoms with Crippen LogP contribution in [0.1, 0.15) is 29.9 Å². The summed E-state index contributed by atoms with van der Waals surface area (Å²) in [5, 5.41) is 3.58. The highest BCUT2D eigenvalue weighted by atomic mass is 15.0. The minimum absolute atomic E-state index is 0.810. The van der Waals surface area contributed by atoms with Gasteiger partial charge in [0.05, 0.1) is 0 Å². The Bertz CT molecular complexity index is 345. The first-order valence-electron chi connectivity index (χ1n) is 5.63. The summed E-state index contributed by atoms with van der Waals surface area (Å²) in [6.07, 6.45) is 2.76. The lowest BCUT2D eigenvalue weighted by atomic mass is 9.86. The summed E-state index contributed by atoms with van der Waals surface area (Å²) in [5.74, 6) is 1.74. The van der Waals surface area contributed by atoms with E-state index < -0.39 is 0 Å². The van der Waals surface area contributed by atoms with E-state index in [0.29, 0.717) is 0 Å². The average molecular weight is 187 g/mol. The molecule has 0 spiro atoms. The van der Waals surface area contributed by atoms with Crippen LogP contribution in [0.15, 0.2) is 24.3 Å². The number of hydrogen-bond donors (Lipinski definition) is 1. The number of piperidine rings is 1. The number of nitrogens with one attached hydrogen (secondary N) is 1. The summed E-state index contributed by atoms with van der Waals surface area (Å²) in [7, 11) is 0. The maximum absolute atomic E-state index is 3.58. The van der Waals surface area contributed by atoms with Gasteiger partial charge in [-0.15, -0.1) is 0 Å². The smallest absolute Gasteiger partial charge is 0.00764 e. The van der Waals surface area contributed by atoms with E-state index in [1.165, 1.54) is 24.9 Å². The van der Waals surface area contributed by atoms with E-state index in [1.54, 1.807) is 5.56 Å². The third-order valence-electron chi connectivity index (χ3n) is 3.95. The third kappa shape index (κ3) is 1.19. The summed E-state index contributed by atoms with van der Waals surface area (Å²) in [6, 6.07) is 9.70. The van der Waals surface area contributed by atoms with Crippen molar-refractivity contribution in [2.45, 2.75) is 31.7 Å². The molecule has 2 aliphatic rings. The number of aryl methyl sites for hydroxylation is 1. The molecule has 1 aromatic carbocycles. The van der Waals surface area contributed by atoms with Crippen molar-refractivity contribution in [2.24, 2.45) is 5.92 Å². The van der Waals surface area contributed by atoms with Gasteiger partial charge in [-0.3, -0.25) is 0 Å². The van der Waals surface area contributed by atoms with Gasteiger partial charge in [0.25, 0.3) is 0 Å². The molecule has 3 unspecified atom stereocenters. The second-order valence-corrected chi connectivity index (χ2v) is 4.80. The Morgan fingerprint density at radius 3 is 2.71 bits per heavy atom. The molecule has 1 aliphatic carbocycles. The lowest BCUT2D eigenvalue weighted by Crippen LogP contribution is -2.28. The number of rotatable bonds is 1. The molecule has 3 atom stereocenters. The van der Waals surface area contributed by atoms with Gasteiger partial charge in [-0.2, -0.15) is 0 Å². The second kappa shape index (κ2) is 3.09. The molecular weight excluding hydrogens is 170 g/mol. The predicted molar refractivity (Wildman–Crippen MR) is 58.4 cm³/mol.